The number of nitriles is 1. The molecule has 4 heteroatoms. The zero-order valence-electron chi connectivity index (χ0n) is 8.81. The largest absolute Gasteiger partial charge is 0.340 e. The molecule has 0 amide bonds. The van der Waals surface area contributed by atoms with Crippen LogP contribution < -0.4 is 5.32 Å². The number of aryl methyl sites for hydroxylation is 1. The van der Waals surface area contributed by atoms with E-state index in [0.717, 1.165) is 5.69 Å². The molecule has 1 N–H and O–H groups in total. The van der Waals surface area contributed by atoms with Crippen molar-refractivity contribution in [3.8, 4) is 6.07 Å². The molecule has 0 aliphatic heterocycles. The standard InChI is InChI=1S/C12H10N4/c1-9-2-4-10(5-3-9)15-11-6-7-14-12(8-13)16-11/h2-7H,1H3,(H,14,15,16). The summed E-state index contributed by atoms with van der Waals surface area (Å²) in [5.41, 5.74) is 2.14. The van der Waals surface area contributed by atoms with Crippen LogP contribution in [0.5, 0.6) is 0 Å². The van der Waals surface area contributed by atoms with Crippen molar-refractivity contribution in [1.29, 1.82) is 5.26 Å². The van der Waals surface area contributed by atoms with E-state index in [2.05, 4.69) is 15.3 Å². The summed E-state index contributed by atoms with van der Waals surface area (Å²) in [7, 11) is 0. The van der Waals surface area contributed by atoms with Crippen LogP contribution in [0, 0.1) is 18.3 Å². The molecule has 0 aliphatic rings. The Morgan fingerprint density at radius 3 is 2.62 bits per heavy atom. The zero-order chi connectivity index (χ0) is 11.4. The third-order valence-electron chi connectivity index (χ3n) is 2.08. The second-order valence-electron chi connectivity index (χ2n) is 3.37. The molecule has 0 unspecified atom stereocenters. The van der Waals surface area contributed by atoms with Crippen molar-refractivity contribution in [3.05, 3.63) is 47.9 Å². The number of aromatic nitrogens is 2. The highest BCUT2D eigenvalue weighted by atomic mass is 15.0. The first-order chi connectivity index (χ1) is 7.78. The van der Waals surface area contributed by atoms with Gasteiger partial charge < -0.3 is 5.32 Å². The van der Waals surface area contributed by atoms with Crippen LogP contribution in [0.4, 0.5) is 11.5 Å². The molecule has 16 heavy (non-hydrogen) atoms. The first kappa shape index (κ1) is 10.1. The number of anilines is 2. The lowest BCUT2D eigenvalue weighted by Crippen LogP contribution is -1.96. The molecule has 0 spiro atoms. The van der Waals surface area contributed by atoms with E-state index in [0.29, 0.717) is 5.82 Å². The third kappa shape index (κ3) is 2.34. The Balaban J connectivity index is 2.21. The quantitative estimate of drug-likeness (QED) is 0.826. The van der Waals surface area contributed by atoms with Gasteiger partial charge in [0.2, 0.25) is 5.82 Å². The molecule has 0 saturated carbocycles. The van der Waals surface area contributed by atoms with Crippen molar-refractivity contribution in [2.24, 2.45) is 0 Å². The minimum atomic E-state index is 0.164. The third-order valence-corrected chi connectivity index (χ3v) is 2.08. The van der Waals surface area contributed by atoms with Crippen LogP contribution in [0.1, 0.15) is 11.4 Å². The van der Waals surface area contributed by atoms with E-state index in [1.165, 1.54) is 5.56 Å². The first-order valence-electron chi connectivity index (χ1n) is 4.85. The van der Waals surface area contributed by atoms with Gasteiger partial charge in [-0.3, -0.25) is 0 Å². The van der Waals surface area contributed by atoms with Crippen molar-refractivity contribution in [1.82, 2.24) is 9.97 Å². The summed E-state index contributed by atoms with van der Waals surface area (Å²) in [6.45, 7) is 2.03. The SMILES string of the molecule is Cc1ccc(Nc2ccnc(C#N)n2)cc1. The topological polar surface area (TPSA) is 61.6 Å². The van der Waals surface area contributed by atoms with E-state index in [4.69, 9.17) is 5.26 Å². The molecule has 4 nitrogen and oxygen atoms in total. The molecule has 0 bridgehead atoms. The number of nitrogens with one attached hydrogen (secondary N) is 1. The maximum atomic E-state index is 8.66. The summed E-state index contributed by atoms with van der Waals surface area (Å²) in [4.78, 5) is 7.83. The summed E-state index contributed by atoms with van der Waals surface area (Å²) < 4.78 is 0. The lowest BCUT2D eigenvalue weighted by atomic mass is 10.2. The van der Waals surface area contributed by atoms with E-state index in [-0.39, 0.29) is 5.82 Å². The molecule has 0 atom stereocenters. The van der Waals surface area contributed by atoms with Crippen molar-refractivity contribution >= 4 is 11.5 Å². The molecule has 1 aromatic heterocycles. The van der Waals surface area contributed by atoms with Crippen molar-refractivity contribution in [2.45, 2.75) is 6.92 Å². The molecule has 1 heterocycles. The highest BCUT2D eigenvalue weighted by molar-refractivity contribution is 5.56. The fourth-order valence-corrected chi connectivity index (χ4v) is 1.27. The van der Waals surface area contributed by atoms with Crippen LogP contribution in [-0.4, -0.2) is 9.97 Å². The lowest BCUT2D eigenvalue weighted by molar-refractivity contribution is 1.11. The molecule has 78 valence electrons. The molecule has 0 aliphatic carbocycles. The highest BCUT2D eigenvalue weighted by Crippen LogP contribution is 2.14. The predicted molar refractivity (Wildman–Crippen MR) is 61.2 cm³/mol. The fraction of sp³-hybridized carbons (Fsp3) is 0.0833. The van der Waals surface area contributed by atoms with Gasteiger partial charge in [-0.2, -0.15) is 5.26 Å². The van der Waals surface area contributed by atoms with Gasteiger partial charge in [-0.25, -0.2) is 9.97 Å². The summed E-state index contributed by atoms with van der Waals surface area (Å²) in [6.07, 6.45) is 1.56. The van der Waals surface area contributed by atoms with Crippen LogP contribution in [0.3, 0.4) is 0 Å². The Hall–Kier alpha value is -2.41. The Labute approximate surface area is 93.6 Å². The van der Waals surface area contributed by atoms with Gasteiger partial charge in [0, 0.05) is 11.9 Å². The maximum Gasteiger partial charge on any atom is 0.234 e. The molecular formula is C12H10N4. The molecule has 0 radical (unpaired) electrons. The first-order valence-corrected chi connectivity index (χ1v) is 4.85. The number of rotatable bonds is 2. The second-order valence-corrected chi connectivity index (χ2v) is 3.37. The van der Waals surface area contributed by atoms with Gasteiger partial charge in [0.25, 0.3) is 0 Å². The van der Waals surface area contributed by atoms with E-state index in [1.54, 1.807) is 12.3 Å². The average Bonchev–Trinajstić information content (AvgIpc) is 2.32. The monoisotopic (exact) mass is 210 g/mol. The Morgan fingerprint density at radius 2 is 1.94 bits per heavy atom. The van der Waals surface area contributed by atoms with Crippen molar-refractivity contribution in [2.75, 3.05) is 5.32 Å². The number of nitrogens with zero attached hydrogens (tertiary/aromatic N) is 3. The van der Waals surface area contributed by atoms with Crippen LogP contribution in [0.2, 0.25) is 0 Å². The number of hydrogen-bond donors (Lipinski definition) is 1. The van der Waals surface area contributed by atoms with Gasteiger partial charge in [-0.15, -0.1) is 0 Å². The molecule has 0 saturated heterocycles. The smallest absolute Gasteiger partial charge is 0.234 e. The van der Waals surface area contributed by atoms with Gasteiger partial charge in [0.15, 0.2) is 0 Å². The normalized spacial score (nSPS) is 9.50. The highest BCUT2D eigenvalue weighted by Gasteiger charge is 1.98. The fourth-order valence-electron chi connectivity index (χ4n) is 1.27. The summed E-state index contributed by atoms with van der Waals surface area (Å²) in [5.74, 6) is 0.785. The minimum Gasteiger partial charge on any atom is -0.340 e. The van der Waals surface area contributed by atoms with E-state index >= 15 is 0 Å². The van der Waals surface area contributed by atoms with Crippen LogP contribution >= 0.6 is 0 Å². The lowest BCUT2D eigenvalue weighted by Gasteiger charge is -2.05. The Bertz CT molecular complexity index is 525. The van der Waals surface area contributed by atoms with E-state index in [1.807, 2.05) is 37.3 Å². The van der Waals surface area contributed by atoms with E-state index < -0.39 is 0 Å². The van der Waals surface area contributed by atoms with E-state index in [9.17, 15) is 0 Å². The van der Waals surface area contributed by atoms with Gasteiger partial charge in [0.05, 0.1) is 0 Å². The van der Waals surface area contributed by atoms with Crippen LogP contribution in [0.15, 0.2) is 36.5 Å². The van der Waals surface area contributed by atoms with Crippen molar-refractivity contribution < 1.29 is 0 Å². The average molecular weight is 210 g/mol. The van der Waals surface area contributed by atoms with Gasteiger partial charge in [-0.05, 0) is 25.1 Å². The van der Waals surface area contributed by atoms with Crippen LogP contribution in [0.25, 0.3) is 0 Å². The molecular weight excluding hydrogens is 200 g/mol. The summed E-state index contributed by atoms with van der Waals surface area (Å²) >= 11 is 0. The number of benzene rings is 1. The predicted octanol–water partition coefficient (Wildman–Crippen LogP) is 2.40. The maximum absolute atomic E-state index is 8.66. The minimum absolute atomic E-state index is 0.164. The summed E-state index contributed by atoms with van der Waals surface area (Å²) in [5, 5.41) is 11.8. The Kier molecular flexibility index (Phi) is 2.79. The molecule has 0 fully saturated rings. The molecule has 2 rings (SSSR count). The van der Waals surface area contributed by atoms with Crippen molar-refractivity contribution in [3.63, 3.8) is 0 Å². The molecule has 2 aromatic rings. The second kappa shape index (κ2) is 4.41. The summed E-state index contributed by atoms with van der Waals surface area (Å²) in [6, 6.07) is 11.6. The Morgan fingerprint density at radius 1 is 1.19 bits per heavy atom. The zero-order valence-corrected chi connectivity index (χ0v) is 8.81. The number of hydrogen-bond acceptors (Lipinski definition) is 4. The molecule has 1 aromatic carbocycles. The van der Waals surface area contributed by atoms with Gasteiger partial charge in [0.1, 0.15) is 11.9 Å². The van der Waals surface area contributed by atoms with Gasteiger partial charge in [-0.1, -0.05) is 17.7 Å². The van der Waals surface area contributed by atoms with Gasteiger partial charge >= 0.3 is 0 Å². The van der Waals surface area contributed by atoms with Crippen LogP contribution in [-0.2, 0) is 0 Å².